The van der Waals surface area contributed by atoms with Crippen LogP contribution in [0.4, 0.5) is 0 Å². The first-order valence-corrected chi connectivity index (χ1v) is 9.24. The molecule has 6 nitrogen and oxygen atoms in total. The lowest BCUT2D eigenvalue weighted by atomic mass is 10.1. The zero-order chi connectivity index (χ0) is 18.4. The first kappa shape index (κ1) is 19.1. The molecule has 134 valence electrons. The molecule has 0 aliphatic rings. The van der Waals surface area contributed by atoms with Crippen molar-refractivity contribution in [3.05, 3.63) is 30.0 Å². The number of nitrogens with zero attached hydrogens (tertiary/aromatic N) is 3. The number of benzene rings is 1. The number of methoxy groups -OCH3 is 2. The molecule has 0 aliphatic heterocycles. The summed E-state index contributed by atoms with van der Waals surface area (Å²) in [4.78, 5) is 23.5. The third-order valence-corrected chi connectivity index (χ3v) is 4.45. The summed E-state index contributed by atoms with van der Waals surface area (Å²) in [6.45, 7) is 5.17. The largest absolute Gasteiger partial charge is 0.493 e. The molecule has 2 rings (SSSR count). The van der Waals surface area contributed by atoms with Gasteiger partial charge in [-0.2, -0.15) is 0 Å². The van der Waals surface area contributed by atoms with Gasteiger partial charge >= 0.3 is 0 Å². The molecule has 0 spiro atoms. The number of hydrogen-bond donors (Lipinski definition) is 0. The fourth-order valence-electron chi connectivity index (χ4n) is 2.51. The molecule has 0 fully saturated rings. The molecule has 0 atom stereocenters. The molecule has 2 aromatic rings. The fraction of sp³-hybridized carbons (Fsp3) is 0.389. The number of thioether (sulfide) groups is 1. The van der Waals surface area contributed by atoms with Gasteiger partial charge in [0.2, 0.25) is 0 Å². The second-order valence-electron chi connectivity index (χ2n) is 5.17. The smallest absolute Gasteiger partial charge is 0.257 e. The highest BCUT2D eigenvalue weighted by Gasteiger charge is 2.21. The van der Waals surface area contributed by atoms with E-state index in [9.17, 15) is 4.79 Å². The quantitative estimate of drug-likeness (QED) is 0.556. The Morgan fingerprint density at radius 3 is 2.40 bits per heavy atom. The van der Waals surface area contributed by atoms with Crippen molar-refractivity contribution in [3.63, 3.8) is 0 Å². The van der Waals surface area contributed by atoms with Crippen LogP contribution in [0.2, 0.25) is 0 Å². The number of aromatic nitrogens is 2. The zero-order valence-electron chi connectivity index (χ0n) is 15.2. The van der Waals surface area contributed by atoms with E-state index in [1.165, 1.54) is 11.8 Å². The Kier molecular flexibility index (Phi) is 6.64. The van der Waals surface area contributed by atoms with E-state index in [2.05, 4.69) is 9.97 Å². The van der Waals surface area contributed by atoms with Crippen molar-refractivity contribution in [2.24, 2.45) is 0 Å². The van der Waals surface area contributed by atoms with Crippen LogP contribution in [-0.2, 0) is 0 Å². The van der Waals surface area contributed by atoms with Crippen LogP contribution >= 0.6 is 11.8 Å². The Balaban J connectivity index is 2.60. The fourth-order valence-corrected chi connectivity index (χ4v) is 2.85. The molecular formula is C18H23N3O3S. The van der Waals surface area contributed by atoms with Crippen molar-refractivity contribution < 1.29 is 14.3 Å². The summed E-state index contributed by atoms with van der Waals surface area (Å²) in [5, 5.41) is 0.612. The highest BCUT2D eigenvalue weighted by atomic mass is 32.2. The predicted molar refractivity (Wildman–Crippen MR) is 99.6 cm³/mol. The molecule has 0 unspecified atom stereocenters. The van der Waals surface area contributed by atoms with Crippen LogP contribution in [0.3, 0.4) is 0 Å². The Hall–Kier alpha value is -2.28. The summed E-state index contributed by atoms with van der Waals surface area (Å²) >= 11 is 1.43. The number of amides is 1. The zero-order valence-corrected chi connectivity index (χ0v) is 16.0. The van der Waals surface area contributed by atoms with E-state index in [1.807, 2.05) is 32.2 Å². The van der Waals surface area contributed by atoms with Gasteiger partial charge in [-0.1, -0.05) is 11.8 Å². The summed E-state index contributed by atoms with van der Waals surface area (Å²) in [6.07, 6.45) is 3.51. The maximum absolute atomic E-state index is 12.9. The van der Waals surface area contributed by atoms with Crippen molar-refractivity contribution in [2.75, 3.05) is 33.6 Å². The molecule has 0 bridgehead atoms. The van der Waals surface area contributed by atoms with Crippen LogP contribution in [0.5, 0.6) is 11.5 Å². The van der Waals surface area contributed by atoms with Crippen LogP contribution in [-0.4, -0.2) is 54.3 Å². The molecule has 0 saturated carbocycles. The Bertz CT molecular complexity index is 748. The van der Waals surface area contributed by atoms with Gasteiger partial charge in [-0.05, 0) is 38.3 Å². The standard InChI is InChI=1S/C18H23N3O3S/c1-6-21(7-2)17(22)13-11-19-18(25-5)20-16(13)12-8-9-14(23-3)15(10-12)24-4/h8-11H,6-7H2,1-5H3. The van der Waals surface area contributed by atoms with Crippen LogP contribution in [0.15, 0.2) is 29.6 Å². The van der Waals surface area contributed by atoms with Gasteiger partial charge in [-0.15, -0.1) is 0 Å². The van der Waals surface area contributed by atoms with Crippen molar-refractivity contribution >= 4 is 17.7 Å². The summed E-state index contributed by atoms with van der Waals surface area (Å²) in [5.41, 5.74) is 1.86. The lowest BCUT2D eigenvalue weighted by molar-refractivity contribution is 0.0772. The minimum atomic E-state index is -0.0811. The van der Waals surface area contributed by atoms with Crippen molar-refractivity contribution in [1.29, 1.82) is 0 Å². The van der Waals surface area contributed by atoms with Crippen molar-refractivity contribution in [3.8, 4) is 22.8 Å². The van der Waals surface area contributed by atoms with Gasteiger partial charge in [-0.25, -0.2) is 9.97 Å². The van der Waals surface area contributed by atoms with Gasteiger partial charge in [-0.3, -0.25) is 4.79 Å². The van der Waals surface area contributed by atoms with Crippen LogP contribution in [0.1, 0.15) is 24.2 Å². The molecule has 0 N–H and O–H groups in total. The third kappa shape index (κ3) is 4.04. The predicted octanol–water partition coefficient (Wildman–Crippen LogP) is 3.36. The molecule has 7 heteroatoms. The molecule has 25 heavy (non-hydrogen) atoms. The topological polar surface area (TPSA) is 64.6 Å². The van der Waals surface area contributed by atoms with Crippen LogP contribution < -0.4 is 9.47 Å². The van der Waals surface area contributed by atoms with E-state index in [0.717, 1.165) is 5.56 Å². The van der Waals surface area contributed by atoms with Crippen LogP contribution in [0.25, 0.3) is 11.3 Å². The average Bonchev–Trinajstić information content (AvgIpc) is 2.67. The van der Waals surface area contributed by atoms with Gasteiger partial charge in [0, 0.05) is 24.8 Å². The first-order chi connectivity index (χ1) is 12.1. The summed E-state index contributed by atoms with van der Waals surface area (Å²) < 4.78 is 10.7. The minimum Gasteiger partial charge on any atom is -0.493 e. The van der Waals surface area contributed by atoms with E-state index < -0.39 is 0 Å². The van der Waals surface area contributed by atoms with Gasteiger partial charge in [0.25, 0.3) is 5.91 Å². The number of carbonyl (C=O) groups is 1. The number of hydrogen-bond acceptors (Lipinski definition) is 6. The van der Waals surface area contributed by atoms with E-state index in [1.54, 1.807) is 31.4 Å². The molecule has 1 aromatic carbocycles. The van der Waals surface area contributed by atoms with Gasteiger partial charge in [0.1, 0.15) is 0 Å². The van der Waals surface area contributed by atoms with E-state index in [-0.39, 0.29) is 5.91 Å². The summed E-state index contributed by atoms with van der Waals surface area (Å²) in [7, 11) is 3.17. The van der Waals surface area contributed by atoms with E-state index >= 15 is 0 Å². The van der Waals surface area contributed by atoms with Gasteiger partial charge in [0.15, 0.2) is 16.7 Å². The monoisotopic (exact) mass is 361 g/mol. The van der Waals surface area contributed by atoms with Crippen molar-refractivity contribution in [1.82, 2.24) is 14.9 Å². The normalized spacial score (nSPS) is 10.4. The van der Waals surface area contributed by atoms with Crippen molar-refractivity contribution in [2.45, 2.75) is 19.0 Å². The number of rotatable bonds is 7. The Morgan fingerprint density at radius 2 is 1.84 bits per heavy atom. The number of carbonyl (C=O) groups excluding carboxylic acids is 1. The van der Waals surface area contributed by atoms with E-state index in [0.29, 0.717) is 41.0 Å². The molecule has 1 amide bonds. The molecule has 0 aliphatic carbocycles. The molecule has 1 aromatic heterocycles. The molecule has 0 saturated heterocycles. The Labute approximate surface area is 152 Å². The highest BCUT2D eigenvalue weighted by Crippen LogP contribution is 2.33. The average molecular weight is 361 g/mol. The lowest BCUT2D eigenvalue weighted by Gasteiger charge is -2.20. The summed E-state index contributed by atoms with van der Waals surface area (Å²) in [6, 6.07) is 5.50. The molecular weight excluding hydrogens is 338 g/mol. The molecule has 0 radical (unpaired) electrons. The highest BCUT2D eigenvalue weighted by molar-refractivity contribution is 7.98. The number of ether oxygens (including phenoxy) is 2. The molecule has 1 heterocycles. The third-order valence-electron chi connectivity index (χ3n) is 3.89. The van der Waals surface area contributed by atoms with E-state index in [4.69, 9.17) is 9.47 Å². The van der Waals surface area contributed by atoms with Gasteiger partial charge in [0.05, 0.1) is 25.5 Å². The second kappa shape index (κ2) is 8.71. The van der Waals surface area contributed by atoms with Gasteiger partial charge < -0.3 is 14.4 Å². The maximum atomic E-state index is 12.9. The van der Waals surface area contributed by atoms with Crippen LogP contribution in [0, 0.1) is 0 Å². The summed E-state index contributed by atoms with van der Waals surface area (Å²) in [5.74, 6) is 1.13. The first-order valence-electron chi connectivity index (χ1n) is 8.02. The Morgan fingerprint density at radius 1 is 1.16 bits per heavy atom. The minimum absolute atomic E-state index is 0.0811. The second-order valence-corrected chi connectivity index (χ2v) is 5.94. The SMILES string of the molecule is CCN(CC)C(=O)c1cnc(SC)nc1-c1ccc(OC)c(OC)c1. The maximum Gasteiger partial charge on any atom is 0.257 e. The lowest BCUT2D eigenvalue weighted by Crippen LogP contribution is -2.31.